The van der Waals surface area contributed by atoms with Crippen LogP contribution in [0.4, 0.5) is 17.1 Å². The normalized spacial score (nSPS) is 11.2. The van der Waals surface area contributed by atoms with Crippen molar-refractivity contribution in [2.75, 3.05) is 4.90 Å². The molecule has 1 heterocycles. The van der Waals surface area contributed by atoms with E-state index >= 15 is 0 Å². The molecule has 0 amide bonds. The van der Waals surface area contributed by atoms with E-state index in [0.29, 0.717) is 0 Å². The Morgan fingerprint density at radius 1 is 0.525 bits per heavy atom. The van der Waals surface area contributed by atoms with Crippen molar-refractivity contribution >= 4 is 29.2 Å². The molecule has 0 aliphatic rings. The number of hydrogen-bond acceptors (Lipinski definition) is 3. The largest absolute Gasteiger partial charge is 0.355 e. The van der Waals surface area contributed by atoms with Crippen molar-refractivity contribution in [3.05, 3.63) is 156 Å². The fourth-order valence-corrected chi connectivity index (χ4v) is 4.80. The van der Waals surface area contributed by atoms with E-state index in [0.717, 1.165) is 50.8 Å². The highest BCUT2D eigenvalue weighted by molar-refractivity contribution is 5.87. The third-order valence-corrected chi connectivity index (χ3v) is 6.99. The first kappa shape index (κ1) is 25.1. The van der Waals surface area contributed by atoms with Crippen molar-refractivity contribution in [1.29, 1.82) is 0 Å². The van der Waals surface area contributed by atoms with Crippen LogP contribution in [0.3, 0.4) is 0 Å². The van der Waals surface area contributed by atoms with Crippen LogP contribution in [0.25, 0.3) is 34.7 Å². The van der Waals surface area contributed by atoms with E-state index in [1.165, 1.54) is 11.1 Å². The lowest BCUT2D eigenvalue weighted by Crippen LogP contribution is -2.09. The molecular formula is C37H30N2O. The van der Waals surface area contributed by atoms with Gasteiger partial charge in [-0.05, 0) is 61.9 Å². The zero-order valence-electron chi connectivity index (χ0n) is 22.7. The van der Waals surface area contributed by atoms with Crippen LogP contribution in [0.2, 0.25) is 0 Å². The average Bonchev–Trinajstić information content (AvgIpc) is 3.43. The molecule has 1 aromatic heterocycles. The van der Waals surface area contributed by atoms with Crippen molar-refractivity contribution in [3.63, 3.8) is 0 Å². The van der Waals surface area contributed by atoms with Crippen molar-refractivity contribution in [3.8, 4) is 22.6 Å². The van der Waals surface area contributed by atoms with Crippen LogP contribution in [0.1, 0.15) is 22.3 Å². The Morgan fingerprint density at radius 2 is 1.02 bits per heavy atom. The number of rotatable bonds is 7. The van der Waals surface area contributed by atoms with Gasteiger partial charge in [0, 0.05) is 28.2 Å². The molecule has 0 saturated carbocycles. The molecule has 0 saturated heterocycles. The first-order valence-electron chi connectivity index (χ1n) is 13.5. The summed E-state index contributed by atoms with van der Waals surface area (Å²) in [5.41, 5.74) is 10.7. The van der Waals surface area contributed by atoms with E-state index in [2.05, 4.69) is 121 Å². The smallest absolute Gasteiger partial charge is 0.174 e. The molecule has 3 heteroatoms. The van der Waals surface area contributed by atoms with Crippen LogP contribution >= 0.6 is 0 Å². The summed E-state index contributed by atoms with van der Waals surface area (Å²) in [6.07, 6.45) is 4.20. The molecule has 0 bridgehead atoms. The summed E-state index contributed by atoms with van der Waals surface area (Å²) in [5.74, 6) is 0.757. The van der Waals surface area contributed by atoms with E-state index in [9.17, 15) is 0 Å². The SMILES string of the molecule is Cc1ccc(N(c2ccc(C)cc2)c2ccc(-c3noc(-c4ccccc4)c3/C=C/c3ccccc3)cc2)cc1. The molecule has 5 aromatic carbocycles. The van der Waals surface area contributed by atoms with Gasteiger partial charge in [0.15, 0.2) is 5.76 Å². The van der Waals surface area contributed by atoms with E-state index < -0.39 is 0 Å². The van der Waals surface area contributed by atoms with Crippen molar-refractivity contribution in [2.24, 2.45) is 0 Å². The standard InChI is InChI=1S/C37H30N2O/c1-27-13-20-32(21-14-27)39(33-22-15-28(2)16-23-33)34-24-18-30(19-25-34)36-35(26-17-29-9-5-3-6-10-29)37(40-38-36)31-11-7-4-8-12-31/h3-26H,1-2H3/b26-17+. The fraction of sp³-hybridized carbons (Fsp3) is 0.0541. The molecule has 40 heavy (non-hydrogen) atoms. The van der Waals surface area contributed by atoms with E-state index in [4.69, 9.17) is 4.52 Å². The van der Waals surface area contributed by atoms with Crippen LogP contribution in [-0.4, -0.2) is 5.16 Å². The molecule has 3 nitrogen and oxygen atoms in total. The minimum Gasteiger partial charge on any atom is -0.355 e. The number of aryl methyl sites for hydroxylation is 2. The molecule has 6 aromatic rings. The van der Waals surface area contributed by atoms with Gasteiger partial charge in [0.25, 0.3) is 0 Å². The van der Waals surface area contributed by atoms with Gasteiger partial charge in [0.1, 0.15) is 5.69 Å². The molecule has 0 aliphatic heterocycles. The summed E-state index contributed by atoms with van der Waals surface area (Å²) in [5, 5.41) is 4.55. The molecule has 0 spiro atoms. The Balaban J connectivity index is 1.41. The maximum Gasteiger partial charge on any atom is 0.174 e. The second kappa shape index (κ2) is 11.3. The fourth-order valence-electron chi connectivity index (χ4n) is 4.80. The topological polar surface area (TPSA) is 29.3 Å². The monoisotopic (exact) mass is 518 g/mol. The molecule has 0 fully saturated rings. The summed E-state index contributed by atoms with van der Waals surface area (Å²) in [6, 6.07) is 46.2. The Labute approximate surface area is 235 Å². The lowest BCUT2D eigenvalue weighted by molar-refractivity contribution is 0.435. The molecule has 0 aliphatic carbocycles. The first-order chi connectivity index (χ1) is 19.7. The molecule has 0 radical (unpaired) electrons. The second-order valence-corrected chi connectivity index (χ2v) is 9.94. The van der Waals surface area contributed by atoms with Gasteiger partial charge < -0.3 is 9.42 Å². The third kappa shape index (κ3) is 5.36. The van der Waals surface area contributed by atoms with Crippen LogP contribution < -0.4 is 4.90 Å². The number of aromatic nitrogens is 1. The minimum absolute atomic E-state index is 0.757. The van der Waals surface area contributed by atoms with Gasteiger partial charge >= 0.3 is 0 Å². The van der Waals surface area contributed by atoms with Crippen molar-refractivity contribution in [1.82, 2.24) is 5.16 Å². The third-order valence-electron chi connectivity index (χ3n) is 6.99. The van der Waals surface area contributed by atoms with Crippen LogP contribution in [-0.2, 0) is 0 Å². The van der Waals surface area contributed by atoms with Gasteiger partial charge in [-0.1, -0.05) is 119 Å². The van der Waals surface area contributed by atoms with Gasteiger partial charge in [0.05, 0.1) is 5.56 Å². The number of benzene rings is 5. The highest BCUT2D eigenvalue weighted by Gasteiger charge is 2.18. The summed E-state index contributed by atoms with van der Waals surface area (Å²) >= 11 is 0. The number of nitrogens with zero attached hydrogens (tertiary/aromatic N) is 2. The Kier molecular flexibility index (Phi) is 7.11. The molecule has 6 rings (SSSR count). The summed E-state index contributed by atoms with van der Waals surface area (Å²) in [7, 11) is 0. The predicted octanol–water partition coefficient (Wildman–Crippen LogP) is 10.3. The number of anilines is 3. The van der Waals surface area contributed by atoms with Gasteiger partial charge in [-0.25, -0.2) is 0 Å². The lowest BCUT2D eigenvalue weighted by Gasteiger charge is -2.26. The van der Waals surface area contributed by atoms with Crippen molar-refractivity contribution in [2.45, 2.75) is 13.8 Å². The highest BCUT2D eigenvalue weighted by atomic mass is 16.5. The van der Waals surface area contributed by atoms with Gasteiger partial charge in [-0.2, -0.15) is 0 Å². The zero-order chi connectivity index (χ0) is 27.3. The quantitative estimate of drug-likeness (QED) is 0.210. The summed E-state index contributed by atoms with van der Waals surface area (Å²) in [6.45, 7) is 4.22. The second-order valence-electron chi connectivity index (χ2n) is 9.94. The summed E-state index contributed by atoms with van der Waals surface area (Å²) in [4.78, 5) is 2.27. The van der Waals surface area contributed by atoms with Crippen LogP contribution in [0, 0.1) is 13.8 Å². The van der Waals surface area contributed by atoms with Crippen LogP contribution in [0.5, 0.6) is 0 Å². The maximum atomic E-state index is 5.95. The van der Waals surface area contributed by atoms with E-state index in [-0.39, 0.29) is 0 Å². The Morgan fingerprint density at radius 3 is 1.57 bits per heavy atom. The lowest BCUT2D eigenvalue weighted by atomic mass is 10.0. The van der Waals surface area contributed by atoms with Crippen molar-refractivity contribution < 1.29 is 4.52 Å². The molecule has 194 valence electrons. The average molecular weight is 519 g/mol. The van der Waals surface area contributed by atoms with Crippen LogP contribution in [0.15, 0.2) is 138 Å². The predicted molar refractivity (Wildman–Crippen MR) is 167 cm³/mol. The van der Waals surface area contributed by atoms with E-state index in [1.807, 2.05) is 48.5 Å². The highest BCUT2D eigenvalue weighted by Crippen LogP contribution is 2.38. The maximum absolute atomic E-state index is 5.95. The van der Waals surface area contributed by atoms with Gasteiger partial charge in [-0.15, -0.1) is 0 Å². The molecule has 0 atom stereocenters. The van der Waals surface area contributed by atoms with Gasteiger partial charge in [-0.3, -0.25) is 0 Å². The number of hydrogen-bond donors (Lipinski definition) is 0. The first-order valence-corrected chi connectivity index (χ1v) is 13.5. The summed E-state index contributed by atoms with van der Waals surface area (Å²) < 4.78 is 5.95. The Bertz CT molecular complexity index is 1670. The zero-order valence-corrected chi connectivity index (χ0v) is 22.7. The van der Waals surface area contributed by atoms with E-state index in [1.54, 1.807) is 0 Å². The molecule has 0 unspecified atom stereocenters. The van der Waals surface area contributed by atoms with Gasteiger partial charge in [0.2, 0.25) is 0 Å². The minimum atomic E-state index is 0.757. The molecular weight excluding hydrogens is 488 g/mol. The molecule has 0 N–H and O–H groups in total. The Hall–Kier alpha value is -5.15.